The fourth-order valence-corrected chi connectivity index (χ4v) is 2.40. The molecule has 1 saturated heterocycles. The molecule has 0 radical (unpaired) electrons. The van der Waals surface area contributed by atoms with Crippen LogP contribution in [0.2, 0.25) is 0 Å². The molecule has 0 spiro atoms. The molecule has 2 aromatic rings. The Morgan fingerprint density at radius 3 is 3.00 bits per heavy atom. The van der Waals surface area contributed by atoms with E-state index in [1.165, 1.54) is 0 Å². The van der Waals surface area contributed by atoms with Crippen LogP contribution in [0.1, 0.15) is 5.56 Å². The van der Waals surface area contributed by atoms with Crippen LogP contribution in [-0.4, -0.2) is 59.5 Å². The first-order valence-corrected chi connectivity index (χ1v) is 7.84. The summed E-state index contributed by atoms with van der Waals surface area (Å²) in [5.74, 6) is 1.05. The number of nitrogens with one attached hydrogen (secondary N) is 2. The summed E-state index contributed by atoms with van der Waals surface area (Å²) in [5, 5.41) is 23.2. The van der Waals surface area contributed by atoms with Crippen LogP contribution in [0, 0.1) is 11.3 Å². The zero-order valence-corrected chi connectivity index (χ0v) is 13.3. The summed E-state index contributed by atoms with van der Waals surface area (Å²) in [5.41, 5.74) is 1.37. The quantitative estimate of drug-likeness (QED) is 0.818. The Hall–Kier alpha value is -2.76. The van der Waals surface area contributed by atoms with Gasteiger partial charge in [-0.15, -0.1) is 5.10 Å². The molecule has 1 aliphatic heterocycles. The standard InChI is InChI=1S/C16H19N7O/c17-11-13-2-1-3-14(10-13)20-15-12-19-22-16(21-15)18-4-5-23-6-8-24-9-7-23/h1-3,10,12H,4-9H2,(H2,18,20,21,22). The highest BCUT2D eigenvalue weighted by Gasteiger charge is 2.09. The number of nitrogens with zero attached hydrogens (tertiary/aromatic N) is 5. The molecule has 2 N–H and O–H groups in total. The number of ether oxygens (including phenoxy) is 1. The van der Waals surface area contributed by atoms with Crippen LogP contribution in [0.4, 0.5) is 17.5 Å². The molecule has 0 unspecified atom stereocenters. The number of benzene rings is 1. The highest BCUT2D eigenvalue weighted by Crippen LogP contribution is 2.15. The van der Waals surface area contributed by atoms with Gasteiger partial charge in [-0.2, -0.15) is 15.3 Å². The van der Waals surface area contributed by atoms with Gasteiger partial charge in [-0.1, -0.05) is 6.07 Å². The molecule has 3 rings (SSSR count). The first kappa shape index (κ1) is 16.1. The van der Waals surface area contributed by atoms with Gasteiger partial charge in [0.15, 0.2) is 5.82 Å². The van der Waals surface area contributed by atoms with E-state index < -0.39 is 0 Å². The fourth-order valence-electron chi connectivity index (χ4n) is 2.40. The third-order valence-electron chi connectivity index (χ3n) is 3.64. The summed E-state index contributed by atoms with van der Waals surface area (Å²) in [6.07, 6.45) is 1.55. The van der Waals surface area contributed by atoms with Gasteiger partial charge in [0.1, 0.15) is 0 Å². The molecule has 24 heavy (non-hydrogen) atoms. The highest BCUT2D eigenvalue weighted by atomic mass is 16.5. The number of aromatic nitrogens is 3. The number of morpholine rings is 1. The Bertz CT molecular complexity index is 710. The Labute approximate surface area is 140 Å². The molecule has 1 fully saturated rings. The maximum atomic E-state index is 8.94. The lowest BCUT2D eigenvalue weighted by atomic mass is 10.2. The summed E-state index contributed by atoms with van der Waals surface area (Å²) < 4.78 is 5.33. The van der Waals surface area contributed by atoms with E-state index in [0.29, 0.717) is 17.3 Å². The minimum atomic E-state index is 0.477. The summed E-state index contributed by atoms with van der Waals surface area (Å²) in [6.45, 7) is 5.15. The minimum Gasteiger partial charge on any atom is -0.379 e. The summed E-state index contributed by atoms with van der Waals surface area (Å²) in [7, 11) is 0. The number of rotatable bonds is 6. The second-order valence-electron chi connectivity index (χ2n) is 5.36. The lowest BCUT2D eigenvalue weighted by Gasteiger charge is -2.26. The van der Waals surface area contributed by atoms with E-state index in [2.05, 4.69) is 36.8 Å². The van der Waals surface area contributed by atoms with Crippen LogP contribution in [-0.2, 0) is 4.74 Å². The van der Waals surface area contributed by atoms with Crippen molar-refractivity contribution in [2.24, 2.45) is 0 Å². The van der Waals surface area contributed by atoms with Crippen molar-refractivity contribution in [3.63, 3.8) is 0 Å². The molecule has 2 heterocycles. The molecule has 0 aliphatic carbocycles. The Kier molecular flexibility index (Phi) is 5.50. The molecule has 0 saturated carbocycles. The number of hydrogen-bond donors (Lipinski definition) is 2. The van der Waals surface area contributed by atoms with Crippen LogP contribution in [0.15, 0.2) is 30.5 Å². The van der Waals surface area contributed by atoms with Crippen LogP contribution in [0.25, 0.3) is 0 Å². The second-order valence-corrected chi connectivity index (χ2v) is 5.36. The maximum absolute atomic E-state index is 8.94. The van der Waals surface area contributed by atoms with Crippen molar-refractivity contribution >= 4 is 17.5 Å². The molecule has 1 aromatic heterocycles. The van der Waals surface area contributed by atoms with Gasteiger partial charge in [0.05, 0.1) is 31.0 Å². The third-order valence-corrected chi connectivity index (χ3v) is 3.64. The highest BCUT2D eigenvalue weighted by molar-refractivity contribution is 5.58. The first-order valence-electron chi connectivity index (χ1n) is 7.84. The van der Waals surface area contributed by atoms with E-state index in [9.17, 15) is 0 Å². The van der Waals surface area contributed by atoms with Gasteiger partial charge in [0.25, 0.3) is 0 Å². The lowest BCUT2D eigenvalue weighted by Crippen LogP contribution is -2.39. The normalized spacial score (nSPS) is 14.8. The third kappa shape index (κ3) is 4.62. The number of anilines is 3. The molecule has 8 nitrogen and oxygen atoms in total. The molecule has 1 aliphatic rings. The molecule has 0 amide bonds. The Morgan fingerprint density at radius 2 is 2.17 bits per heavy atom. The molecule has 0 bridgehead atoms. The first-order chi connectivity index (χ1) is 11.8. The zero-order valence-electron chi connectivity index (χ0n) is 13.3. The van der Waals surface area contributed by atoms with E-state index in [1.54, 1.807) is 18.3 Å². The van der Waals surface area contributed by atoms with Crippen molar-refractivity contribution in [1.29, 1.82) is 5.26 Å². The van der Waals surface area contributed by atoms with Crippen molar-refractivity contribution in [3.05, 3.63) is 36.0 Å². The van der Waals surface area contributed by atoms with Gasteiger partial charge in [-0.3, -0.25) is 4.90 Å². The van der Waals surface area contributed by atoms with Crippen molar-refractivity contribution in [2.45, 2.75) is 0 Å². The average Bonchev–Trinajstić information content (AvgIpc) is 2.63. The van der Waals surface area contributed by atoms with Crippen molar-refractivity contribution in [3.8, 4) is 6.07 Å². The monoisotopic (exact) mass is 325 g/mol. The van der Waals surface area contributed by atoms with E-state index in [0.717, 1.165) is 45.1 Å². The van der Waals surface area contributed by atoms with E-state index >= 15 is 0 Å². The zero-order chi connectivity index (χ0) is 16.6. The summed E-state index contributed by atoms with van der Waals surface area (Å²) in [4.78, 5) is 6.72. The maximum Gasteiger partial charge on any atom is 0.244 e. The number of hydrogen-bond acceptors (Lipinski definition) is 8. The van der Waals surface area contributed by atoms with Crippen molar-refractivity contribution in [2.75, 3.05) is 50.0 Å². The predicted molar refractivity (Wildman–Crippen MR) is 90.0 cm³/mol. The summed E-state index contributed by atoms with van der Waals surface area (Å²) >= 11 is 0. The topological polar surface area (TPSA) is 99.0 Å². The molecular formula is C16H19N7O. The van der Waals surface area contributed by atoms with E-state index in [4.69, 9.17) is 10.00 Å². The Balaban J connectivity index is 1.54. The smallest absolute Gasteiger partial charge is 0.244 e. The average molecular weight is 325 g/mol. The minimum absolute atomic E-state index is 0.477. The van der Waals surface area contributed by atoms with Gasteiger partial charge < -0.3 is 15.4 Å². The van der Waals surface area contributed by atoms with Gasteiger partial charge in [-0.05, 0) is 18.2 Å². The van der Waals surface area contributed by atoms with E-state index in [-0.39, 0.29) is 0 Å². The summed E-state index contributed by atoms with van der Waals surface area (Å²) in [6, 6.07) is 9.30. The molecular weight excluding hydrogens is 306 g/mol. The van der Waals surface area contributed by atoms with Gasteiger partial charge in [-0.25, -0.2) is 0 Å². The van der Waals surface area contributed by atoms with Gasteiger partial charge >= 0.3 is 0 Å². The van der Waals surface area contributed by atoms with E-state index in [1.807, 2.05) is 12.1 Å². The fraction of sp³-hybridized carbons (Fsp3) is 0.375. The molecule has 0 atom stereocenters. The van der Waals surface area contributed by atoms with Crippen molar-refractivity contribution in [1.82, 2.24) is 20.1 Å². The molecule has 8 heteroatoms. The van der Waals surface area contributed by atoms with Crippen LogP contribution >= 0.6 is 0 Å². The van der Waals surface area contributed by atoms with Crippen molar-refractivity contribution < 1.29 is 4.74 Å². The van der Waals surface area contributed by atoms with Crippen LogP contribution in [0.5, 0.6) is 0 Å². The number of nitriles is 1. The Morgan fingerprint density at radius 1 is 1.29 bits per heavy atom. The lowest BCUT2D eigenvalue weighted by molar-refractivity contribution is 0.0398. The molecule has 1 aromatic carbocycles. The van der Waals surface area contributed by atoms with Crippen LogP contribution < -0.4 is 10.6 Å². The van der Waals surface area contributed by atoms with Crippen LogP contribution in [0.3, 0.4) is 0 Å². The SMILES string of the molecule is N#Cc1cccc(Nc2cnnc(NCCN3CCOCC3)n2)c1. The largest absolute Gasteiger partial charge is 0.379 e. The van der Waals surface area contributed by atoms with Gasteiger partial charge in [0.2, 0.25) is 5.95 Å². The molecule has 124 valence electrons. The predicted octanol–water partition coefficient (Wildman–Crippen LogP) is 1.23. The van der Waals surface area contributed by atoms with Gasteiger partial charge in [0, 0.05) is 31.9 Å². The second kappa shape index (κ2) is 8.19.